The lowest BCUT2D eigenvalue weighted by molar-refractivity contribution is 0.393. The molecule has 0 saturated carbocycles. The number of hydrogen-bond donors (Lipinski definition) is 1. The molecule has 0 bridgehead atoms. The Morgan fingerprint density at radius 3 is 2.41 bits per heavy atom. The van der Waals surface area contributed by atoms with Gasteiger partial charge in [0.2, 0.25) is 0 Å². The summed E-state index contributed by atoms with van der Waals surface area (Å²) < 4.78 is 10.7. The van der Waals surface area contributed by atoms with Crippen molar-refractivity contribution < 1.29 is 9.47 Å². The molecule has 17 heavy (non-hydrogen) atoms. The zero-order valence-corrected chi connectivity index (χ0v) is 11.3. The zero-order chi connectivity index (χ0) is 13.0. The van der Waals surface area contributed by atoms with Gasteiger partial charge in [0.05, 0.1) is 19.9 Å². The Hall–Kier alpha value is -1.42. The molecule has 0 aliphatic heterocycles. The number of anilines is 1. The Balaban J connectivity index is 3.22. The lowest BCUT2D eigenvalue weighted by Gasteiger charge is -2.29. The van der Waals surface area contributed by atoms with Crippen LogP contribution >= 0.6 is 0 Å². The van der Waals surface area contributed by atoms with Crippen molar-refractivity contribution in [1.29, 1.82) is 0 Å². The third kappa shape index (κ3) is 2.82. The van der Waals surface area contributed by atoms with Gasteiger partial charge in [0, 0.05) is 25.7 Å². The van der Waals surface area contributed by atoms with Crippen LogP contribution in [0.3, 0.4) is 0 Å². The number of nitrogens with zero attached hydrogens (tertiary/aromatic N) is 1. The van der Waals surface area contributed by atoms with Gasteiger partial charge in [0.15, 0.2) is 0 Å². The van der Waals surface area contributed by atoms with Gasteiger partial charge in [0.1, 0.15) is 11.5 Å². The van der Waals surface area contributed by atoms with E-state index in [2.05, 4.69) is 11.8 Å². The van der Waals surface area contributed by atoms with Gasteiger partial charge in [-0.2, -0.15) is 0 Å². The van der Waals surface area contributed by atoms with Crippen LogP contribution in [-0.2, 0) is 0 Å². The van der Waals surface area contributed by atoms with E-state index in [1.165, 1.54) is 0 Å². The topological polar surface area (TPSA) is 47.7 Å². The predicted octanol–water partition coefficient (Wildman–Crippen LogP) is 1.80. The van der Waals surface area contributed by atoms with E-state index in [1.54, 1.807) is 14.2 Å². The van der Waals surface area contributed by atoms with Gasteiger partial charge in [-0.25, -0.2) is 0 Å². The van der Waals surface area contributed by atoms with Crippen LogP contribution in [-0.4, -0.2) is 33.9 Å². The molecule has 1 aromatic carbocycles. The molecule has 0 aromatic heterocycles. The second-order valence-corrected chi connectivity index (χ2v) is 4.19. The molecular weight excluding hydrogens is 216 g/mol. The summed E-state index contributed by atoms with van der Waals surface area (Å²) in [5, 5.41) is 0. The normalized spacial score (nSPS) is 12.1. The van der Waals surface area contributed by atoms with Gasteiger partial charge >= 0.3 is 0 Å². The lowest BCUT2D eigenvalue weighted by Crippen LogP contribution is -2.35. The molecule has 4 nitrogen and oxygen atoms in total. The number of nitrogens with two attached hydrogens (primary N) is 1. The summed E-state index contributed by atoms with van der Waals surface area (Å²) in [4.78, 5) is 2.13. The first-order chi connectivity index (χ1) is 8.04. The maximum absolute atomic E-state index is 5.70. The molecule has 1 unspecified atom stereocenters. The fraction of sp³-hybridized carbons (Fsp3) is 0.538. The molecule has 0 radical (unpaired) electrons. The maximum atomic E-state index is 5.70. The predicted molar refractivity (Wildman–Crippen MR) is 71.2 cm³/mol. The van der Waals surface area contributed by atoms with Gasteiger partial charge in [-0.1, -0.05) is 0 Å². The van der Waals surface area contributed by atoms with Crippen molar-refractivity contribution in [3.8, 4) is 11.5 Å². The maximum Gasteiger partial charge on any atom is 0.146 e. The van der Waals surface area contributed by atoms with Crippen molar-refractivity contribution in [3.05, 3.63) is 17.7 Å². The number of aryl methyl sites for hydroxylation is 1. The zero-order valence-electron chi connectivity index (χ0n) is 11.3. The fourth-order valence-electron chi connectivity index (χ4n) is 1.82. The summed E-state index contributed by atoms with van der Waals surface area (Å²) in [6, 6.07) is 4.15. The molecule has 0 spiro atoms. The lowest BCUT2D eigenvalue weighted by atomic mass is 10.1. The van der Waals surface area contributed by atoms with Crippen LogP contribution in [0.4, 0.5) is 5.69 Å². The summed E-state index contributed by atoms with van der Waals surface area (Å²) in [5.41, 5.74) is 7.88. The molecule has 0 amide bonds. The quantitative estimate of drug-likeness (QED) is 0.849. The van der Waals surface area contributed by atoms with Crippen molar-refractivity contribution in [2.45, 2.75) is 19.9 Å². The highest BCUT2D eigenvalue weighted by atomic mass is 16.5. The van der Waals surface area contributed by atoms with Gasteiger partial charge in [-0.3, -0.25) is 0 Å². The first kappa shape index (κ1) is 13.6. The van der Waals surface area contributed by atoms with Gasteiger partial charge in [-0.15, -0.1) is 0 Å². The first-order valence-corrected chi connectivity index (χ1v) is 5.70. The third-order valence-corrected chi connectivity index (χ3v) is 3.05. The average Bonchev–Trinajstić information content (AvgIpc) is 2.35. The molecule has 96 valence electrons. The number of ether oxygens (including phenoxy) is 2. The number of hydrogen-bond acceptors (Lipinski definition) is 4. The Morgan fingerprint density at radius 2 is 1.94 bits per heavy atom. The summed E-state index contributed by atoms with van der Waals surface area (Å²) in [5.74, 6) is 1.61. The Morgan fingerprint density at radius 1 is 1.29 bits per heavy atom. The van der Waals surface area contributed by atoms with E-state index in [0.717, 1.165) is 22.7 Å². The summed E-state index contributed by atoms with van der Waals surface area (Å²) in [6.45, 7) is 4.73. The molecular formula is C13H22N2O2. The van der Waals surface area contributed by atoms with Crippen molar-refractivity contribution in [1.82, 2.24) is 0 Å². The minimum atomic E-state index is 0.260. The van der Waals surface area contributed by atoms with Crippen molar-refractivity contribution in [2.75, 3.05) is 32.7 Å². The van der Waals surface area contributed by atoms with Gasteiger partial charge in [-0.05, 0) is 25.5 Å². The van der Waals surface area contributed by atoms with E-state index in [9.17, 15) is 0 Å². The van der Waals surface area contributed by atoms with Crippen LogP contribution in [0.1, 0.15) is 12.5 Å². The molecule has 4 heteroatoms. The smallest absolute Gasteiger partial charge is 0.146 e. The van der Waals surface area contributed by atoms with Gasteiger partial charge < -0.3 is 20.1 Å². The van der Waals surface area contributed by atoms with E-state index < -0.39 is 0 Å². The fourth-order valence-corrected chi connectivity index (χ4v) is 1.82. The van der Waals surface area contributed by atoms with Crippen LogP contribution in [0.15, 0.2) is 12.1 Å². The highest BCUT2D eigenvalue weighted by molar-refractivity contribution is 5.66. The largest absolute Gasteiger partial charge is 0.497 e. The molecule has 0 heterocycles. The Kier molecular flexibility index (Phi) is 4.63. The number of rotatable bonds is 5. The Bertz CT molecular complexity index is 380. The number of likely N-dealkylation sites (N-methyl/N-ethyl adjacent to an activating group) is 1. The molecule has 1 atom stereocenters. The molecule has 0 fully saturated rings. The van der Waals surface area contributed by atoms with E-state index in [4.69, 9.17) is 15.2 Å². The highest BCUT2D eigenvalue weighted by Crippen LogP contribution is 2.36. The van der Waals surface area contributed by atoms with E-state index in [-0.39, 0.29) is 6.04 Å². The number of benzene rings is 1. The molecule has 0 aliphatic carbocycles. The second kappa shape index (κ2) is 5.77. The summed E-state index contributed by atoms with van der Waals surface area (Å²) in [7, 11) is 5.34. The second-order valence-electron chi connectivity index (χ2n) is 4.19. The van der Waals surface area contributed by atoms with E-state index >= 15 is 0 Å². The third-order valence-electron chi connectivity index (χ3n) is 3.05. The molecule has 0 aliphatic rings. The molecule has 1 rings (SSSR count). The summed E-state index contributed by atoms with van der Waals surface area (Å²) >= 11 is 0. The van der Waals surface area contributed by atoms with Crippen LogP contribution in [0, 0.1) is 6.92 Å². The monoisotopic (exact) mass is 238 g/mol. The number of methoxy groups -OCH3 is 2. The van der Waals surface area contributed by atoms with Crippen LogP contribution in [0.2, 0.25) is 0 Å². The average molecular weight is 238 g/mol. The Labute approximate surface area is 103 Å². The van der Waals surface area contributed by atoms with Crippen LogP contribution in [0.5, 0.6) is 11.5 Å². The van der Waals surface area contributed by atoms with E-state index in [1.807, 2.05) is 26.1 Å². The van der Waals surface area contributed by atoms with Gasteiger partial charge in [0.25, 0.3) is 0 Å². The minimum Gasteiger partial charge on any atom is -0.497 e. The summed E-state index contributed by atoms with van der Waals surface area (Å²) in [6.07, 6.45) is 0. The van der Waals surface area contributed by atoms with Crippen LogP contribution < -0.4 is 20.1 Å². The van der Waals surface area contributed by atoms with Crippen LogP contribution in [0.25, 0.3) is 0 Å². The molecule has 1 aromatic rings. The minimum absolute atomic E-state index is 0.260. The SMILES string of the molecule is COc1cc(C)c(N(C)C(C)CN)c(OC)c1. The standard InChI is InChI=1S/C13H22N2O2/c1-9-6-11(16-4)7-12(17-5)13(9)15(3)10(2)8-14/h6-7,10H,8,14H2,1-5H3. The van der Waals surface area contributed by atoms with E-state index in [0.29, 0.717) is 6.54 Å². The first-order valence-electron chi connectivity index (χ1n) is 5.70. The van der Waals surface area contributed by atoms with Crippen molar-refractivity contribution >= 4 is 5.69 Å². The molecule has 2 N–H and O–H groups in total. The van der Waals surface area contributed by atoms with Crippen molar-refractivity contribution in [2.24, 2.45) is 5.73 Å². The highest BCUT2D eigenvalue weighted by Gasteiger charge is 2.17. The molecule has 0 saturated heterocycles. The van der Waals surface area contributed by atoms with Crippen molar-refractivity contribution in [3.63, 3.8) is 0 Å².